The molecule has 142 valence electrons. The summed E-state index contributed by atoms with van der Waals surface area (Å²) in [5.41, 5.74) is 0.982. The smallest absolute Gasteiger partial charge is 0.239 e. The zero-order valence-electron chi connectivity index (χ0n) is 15.2. The van der Waals surface area contributed by atoms with E-state index in [1.807, 2.05) is 34.9 Å². The second-order valence-corrected chi connectivity index (χ2v) is 7.78. The highest BCUT2D eigenvalue weighted by Gasteiger charge is 2.27. The molecule has 3 heterocycles. The SMILES string of the molecule is O=C1CCCN1C(=O)CSc1nnc(N2CCCCC2)n1-c1ccccc1. The zero-order chi connectivity index (χ0) is 18.6. The van der Waals surface area contributed by atoms with E-state index >= 15 is 0 Å². The van der Waals surface area contributed by atoms with E-state index in [4.69, 9.17) is 0 Å². The Balaban J connectivity index is 1.57. The van der Waals surface area contributed by atoms with Crippen molar-refractivity contribution in [2.45, 2.75) is 37.3 Å². The van der Waals surface area contributed by atoms with Crippen molar-refractivity contribution in [1.29, 1.82) is 0 Å². The van der Waals surface area contributed by atoms with Crippen LogP contribution in [0.15, 0.2) is 35.5 Å². The van der Waals surface area contributed by atoms with E-state index in [1.54, 1.807) is 0 Å². The number of hydrogen-bond donors (Lipinski definition) is 0. The summed E-state index contributed by atoms with van der Waals surface area (Å²) in [7, 11) is 0. The predicted octanol–water partition coefficient (Wildman–Crippen LogP) is 2.50. The lowest BCUT2D eigenvalue weighted by Crippen LogP contribution is -2.33. The molecule has 2 saturated heterocycles. The summed E-state index contributed by atoms with van der Waals surface area (Å²) in [6.07, 6.45) is 4.78. The van der Waals surface area contributed by atoms with Gasteiger partial charge in [0, 0.05) is 26.1 Å². The fourth-order valence-electron chi connectivity index (χ4n) is 3.57. The first-order valence-electron chi connectivity index (χ1n) is 9.46. The third kappa shape index (κ3) is 3.85. The van der Waals surface area contributed by atoms with Gasteiger partial charge in [-0.15, -0.1) is 10.2 Å². The van der Waals surface area contributed by atoms with Crippen LogP contribution in [0.25, 0.3) is 5.69 Å². The molecule has 0 saturated carbocycles. The summed E-state index contributed by atoms with van der Waals surface area (Å²) in [5.74, 6) is 0.799. The maximum Gasteiger partial charge on any atom is 0.239 e. The molecule has 2 aromatic rings. The Kier molecular flexibility index (Phi) is 5.42. The predicted molar refractivity (Wildman–Crippen MR) is 104 cm³/mol. The fraction of sp³-hybridized carbons (Fsp3) is 0.474. The first-order chi connectivity index (χ1) is 13.2. The summed E-state index contributed by atoms with van der Waals surface area (Å²) in [5, 5.41) is 9.48. The van der Waals surface area contributed by atoms with E-state index in [0.717, 1.165) is 44.0 Å². The maximum absolute atomic E-state index is 12.4. The fourth-order valence-corrected chi connectivity index (χ4v) is 4.40. The Morgan fingerprint density at radius 1 is 1.00 bits per heavy atom. The van der Waals surface area contributed by atoms with Gasteiger partial charge in [-0.3, -0.25) is 19.1 Å². The molecule has 0 spiro atoms. The van der Waals surface area contributed by atoms with Crippen molar-refractivity contribution in [1.82, 2.24) is 19.7 Å². The van der Waals surface area contributed by atoms with Crippen molar-refractivity contribution >= 4 is 29.5 Å². The van der Waals surface area contributed by atoms with Crippen molar-refractivity contribution < 1.29 is 9.59 Å². The molecule has 1 aromatic carbocycles. The summed E-state index contributed by atoms with van der Waals surface area (Å²) in [4.78, 5) is 27.8. The quantitative estimate of drug-likeness (QED) is 0.737. The lowest BCUT2D eigenvalue weighted by Gasteiger charge is -2.27. The highest BCUT2D eigenvalue weighted by atomic mass is 32.2. The summed E-state index contributed by atoms with van der Waals surface area (Å²) >= 11 is 1.34. The van der Waals surface area contributed by atoms with E-state index in [0.29, 0.717) is 18.1 Å². The van der Waals surface area contributed by atoms with E-state index < -0.39 is 0 Å². The molecule has 2 aliphatic heterocycles. The number of rotatable bonds is 5. The first-order valence-corrected chi connectivity index (χ1v) is 10.4. The molecule has 0 unspecified atom stereocenters. The highest BCUT2D eigenvalue weighted by Crippen LogP contribution is 2.28. The van der Waals surface area contributed by atoms with Gasteiger partial charge in [0.15, 0.2) is 5.16 Å². The number of thioether (sulfide) groups is 1. The van der Waals surface area contributed by atoms with E-state index in [2.05, 4.69) is 15.1 Å². The Morgan fingerprint density at radius 2 is 1.78 bits per heavy atom. The standard InChI is InChI=1S/C19H23N5O2S/c25-16-10-7-13-23(16)17(26)14-27-19-21-20-18(22-11-5-2-6-12-22)24(19)15-8-3-1-4-9-15/h1,3-4,8-9H,2,5-7,10-14H2. The molecular formula is C19H23N5O2S. The Labute approximate surface area is 162 Å². The second-order valence-electron chi connectivity index (χ2n) is 6.83. The summed E-state index contributed by atoms with van der Waals surface area (Å²) < 4.78 is 2.02. The summed E-state index contributed by atoms with van der Waals surface area (Å²) in [6.45, 7) is 2.47. The number of imide groups is 1. The molecule has 27 heavy (non-hydrogen) atoms. The largest absolute Gasteiger partial charge is 0.341 e. The molecular weight excluding hydrogens is 362 g/mol. The van der Waals surface area contributed by atoms with Crippen molar-refractivity contribution in [3.05, 3.63) is 30.3 Å². The normalized spacial score (nSPS) is 17.6. The minimum absolute atomic E-state index is 0.0702. The van der Waals surface area contributed by atoms with E-state index in [9.17, 15) is 9.59 Å². The number of carbonyl (C=O) groups excluding carboxylic acids is 2. The van der Waals surface area contributed by atoms with Gasteiger partial charge in [-0.05, 0) is 37.8 Å². The molecule has 2 amide bonds. The number of benzene rings is 1. The van der Waals surface area contributed by atoms with Crippen LogP contribution in [0.1, 0.15) is 32.1 Å². The van der Waals surface area contributed by atoms with E-state index in [1.165, 1.54) is 23.1 Å². The van der Waals surface area contributed by atoms with Crippen LogP contribution in [0.5, 0.6) is 0 Å². The Morgan fingerprint density at radius 3 is 2.48 bits per heavy atom. The molecule has 1 aromatic heterocycles. The average molecular weight is 385 g/mol. The molecule has 0 atom stereocenters. The van der Waals surface area contributed by atoms with E-state index in [-0.39, 0.29) is 17.6 Å². The van der Waals surface area contributed by atoms with Crippen molar-refractivity contribution in [3.8, 4) is 5.69 Å². The van der Waals surface area contributed by atoms with Gasteiger partial charge in [0.05, 0.1) is 11.4 Å². The number of amides is 2. The van der Waals surface area contributed by atoms with Gasteiger partial charge >= 0.3 is 0 Å². The van der Waals surface area contributed by atoms with Crippen LogP contribution in [-0.2, 0) is 9.59 Å². The van der Waals surface area contributed by atoms with Crippen LogP contribution in [0.2, 0.25) is 0 Å². The lowest BCUT2D eigenvalue weighted by molar-refractivity contribution is -0.140. The van der Waals surface area contributed by atoms with Gasteiger partial charge in [0.1, 0.15) is 0 Å². The van der Waals surface area contributed by atoms with Crippen LogP contribution >= 0.6 is 11.8 Å². The minimum atomic E-state index is -0.148. The zero-order valence-corrected chi connectivity index (χ0v) is 16.0. The Hall–Kier alpha value is -2.35. The molecule has 0 aliphatic carbocycles. The van der Waals surface area contributed by atoms with Crippen LogP contribution < -0.4 is 4.90 Å². The van der Waals surface area contributed by atoms with Gasteiger partial charge in [0.25, 0.3) is 0 Å². The molecule has 2 aliphatic rings. The van der Waals surface area contributed by atoms with Crippen molar-refractivity contribution in [2.24, 2.45) is 0 Å². The van der Waals surface area contributed by atoms with Gasteiger partial charge < -0.3 is 4.90 Å². The molecule has 2 fully saturated rings. The van der Waals surface area contributed by atoms with Crippen LogP contribution in [-0.4, -0.2) is 56.9 Å². The van der Waals surface area contributed by atoms with Crippen molar-refractivity contribution in [2.75, 3.05) is 30.3 Å². The number of hydrogen-bond acceptors (Lipinski definition) is 6. The lowest BCUT2D eigenvalue weighted by atomic mass is 10.1. The third-order valence-corrected chi connectivity index (χ3v) is 5.88. The summed E-state index contributed by atoms with van der Waals surface area (Å²) in [6, 6.07) is 9.98. The van der Waals surface area contributed by atoms with Gasteiger partial charge in [0.2, 0.25) is 17.8 Å². The topological polar surface area (TPSA) is 71.3 Å². The highest BCUT2D eigenvalue weighted by molar-refractivity contribution is 7.99. The molecule has 4 rings (SSSR count). The molecule has 8 heteroatoms. The van der Waals surface area contributed by atoms with Gasteiger partial charge in [-0.1, -0.05) is 30.0 Å². The first kappa shape index (κ1) is 18.0. The van der Waals surface area contributed by atoms with Crippen molar-refractivity contribution in [3.63, 3.8) is 0 Å². The number of carbonyl (C=O) groups is 2. The number of piperidine rings is 1. The number of anilines is 1. The van der Waals surface area contributed by atoms with Gasteiger partial charge in [-0.25, -0.2) is 0 Å². The Bertz CT molecular complexity index is 817. The molecule has 0 N–H and O–H groups in total. The molecule has 7 nitrogen and oxygen atoms in total. The third-order valence-electron chi connectivity index (χ3n) is 4.97. The monoisotopic (exact) mass is 385 g/mol. The van der Waals surface area contributed by atoms with Gasteiger partial charge in [-0.2, -0.15) is 0 Å². The average Bonchev–Trinajstić information content (AvgIpc) is 3.33. The van der Waals surface area contributed by atoms with Crippen LogP contribution in [0, 0.1) is 0 Å². The number of nitrogens with zero attached hydrogens (tertiary/aromatic N) is 5. The van der Waals surface area contributed by atoms with Crippen LogP contribution in [0.4, 0.5) is 5.95 Å². The van der Waals surface area contributed by atoms with Crippen LogP contribution in [0.3, 0.4) is 0 Å². The second kappa shape index (κ2) is 8.12. The maximum atomic E-state index is 12.4. The molecule has 0 bridgehead atoms. The number of likely N-dealkylation sites (tertiary alicyclic amines) is 1. The molecule has 0 radical (unpaired) electrons. The number of para-hydroxylation sites is 1. The minimum Gasteiger partial charge on any atom is -0.341 e. The number of aromatic nitrogens is 3.